The summed E-state index contributed by atoms with van der Waals surface area (Å²) in [5.74, 6) is -0.233. The van der Waals surface area contributed by atoms with Crippen LogP contribution in [0.25, 0.3) is 0 Å². The summed E-state index contributed by atoms with van der Waals surface area (Å²) in [5.41, 5.74) is 0.934. The van der Waals surface area contributed by atoms with Crippen molar-refractivity contribution in [3.63, 3.8) is 0 Å². The molecule has 1 aromatic heterocycles. The Morgan fingerprint density at radius 3 is 2.70 bits per heavy atom. The number of aromatic nitrogens is 2. The Morgan fingerprint density at radius 1 is 1.35 bits per heavy atom. The maximum atomic E-state index is 12.9. The zero-order valence-corrected chi connectivity index (χ0v) is 11.5. The summed E-state index contributed by atoms with van der Waals surface area (Å²) in [4.78, 5) is 17.4. The molecule has 20 heavy (non-hydrogen) atoms. The molecule has 0 N–H and O–H groups in total. The van der Waals surface area contributed by atoms with Gasteiger partial charge in [-0.3, -0.25) is 4.79 Å². The minimum Gasteiger partial charge on any atom is -0.339 e. The van der Waals surface area contributed by atoms with Gasteiger partial charge in [0.05, 0.1) is 6.33 Å². The summed E-state index contributed by atoms with van der Waals surface area (Å²) >= 11 is 0. The molecular weight excluding hydrogens is 257 g/mol. The number of carbonyl (C=O) groups excluding carboxylic acids is 1. The second-order valence-corrected chi connectivity index (χ2v) is 4.72. The van der Waals surface area contributed by atoms with Crippen molar-refractivity contribution in [3.8, 4) is 0 Å². The Bertz CT molecular complexity index is 537. The molecule has 4 nitrogen and oxygen atoms in total. The Balaban J connectivity index is 1.87. The van der Waals surface area contributed by atoms with E-state index in [1.54, 1.807) is 36.5 Å². The molecule has 0 spiro atoms. The van der Waals surface area contributed by atoms with Crippen LogP contribution in [0.2, 0.25) is 0 Å². The van der Waals surface area contributed by atoms with E-state index in [1.165, 1.54) is 12.1 Å². The van der Waals surface area contributed by atoms with Crippen molar-refractivity contribution in [1.82, 2.24) is 14.5 Å². The zero-order valence-electron chi connectivity index (χ0n) is 11.5. The normalized spacial score (nSPS) is 10.5. The van der Waals surface area contributed by atoms with E-state index in [2.05, 4.69) is 4.98 Å². The molecule has 1 heterocycles. The summed E-state index contributed by atoms with van der Waals surface area (Å²) < 4.78 is 14.8. The molecular formula is C15H18FN3O. The lowest BCUT2D eigenvalue weighted by Gasteiger charge is -2.21. The Morgan fingerprint density at radius 2 is 2.10 bits per heavy atom. The highest BCUT2D eigenvalue weighted by molar-refractivity contribution is 5.73. The number of benzene rings is 1. The van der Waals surface area contributed by atoms with Gasteiger partial charge in [0.2, 0.25) is 5.91 Å². The number of nitrogens with zero attached hydrogens (tertiary/aromatic N) is 3. The maximum absolute atomic E-state index is 12.9. The molecule has 0 unspecified atom stereocenters. The van der Waals surface area contributed by atoms with Crippen molar-refractivity contribution in [3.05, 3.63) is 54.4 Å². The van der Waals surface area contributed by atoms with Gasteiger partial charge in [0.1, 0.15) is 5.82 Å². The van der Waals surface area contributed by atoms with E-state index in [0.29, 0.717) is 13.1 Å². The third kappa shape index (κ3) is 4.19. The van der Waals surface area contributed by atoms with E-state index in [1.807, 2.05) is 10.8 Å². The van der Waals surface area contributed by atoms with Gasteiger partial charge in [-0.2, -0.15) is 0 Å². The van der Waals surface area contributed by atoms with Crippen molar-refractivity contribution in [1.29, 1.82) is 0 Å². The first-order chi connectivity index (χ1) is 9.65. The third-order valence-corrected chi connectivity index (χ3v) is 3.14. The fourth-order valence-corrected chi connectivity index (χ4v) is 2.02. The molecule has 1 amide bonds. The van der Waals surface area contributed by atoms with Crippen molar-refractivity contribution in [2.75, 3.05) is 6.54 Å². The largest absolute Gasteiger partial charge is 0.339 e. The Labute approximate surface area is 117 Å². The second kappa shape index (κ2) is 6.84. The number of hydrogen-bond donors (Lipinski definition) is 0. The fourth-order valence-electron chi connectivity index (χ4n) is 2.02. The lowest BCUT2D eigenvalue weighted by Crippen LogP contribution is -2.29. The van der Waals surface area contributed by atoms with Crippen molar-refractivity contribution in [2.45, 2.75) is 26.4 Å². The van der Waals surface area contributed by atoms with E-state index in [9.17, 15) is 9.18 Å². The molecule has 106 valence electrons. The second-order valence-electron chi connectivity index (χ2n) is 4.72. The van der Waals surface area contributed by atoms with Crippen LogP contribution in [0.3, 0.4) is 0 Å². The van der Waals surface area contributed by atoms with Crippen molar-refractivity contribution in [2.24, 2.45) is 0 Å². The smallest absolute Gasteiger partial charge is 0.219 e. The molecule has 0 aliphatic rings. The highest BCUT2D eigenvalue weighted by atomic mass is 19.1. The van der Waals surface area contributed by atoms with Gasteiger partial charge in [0.15, 0.2) is 0 Å². The highest BCUT2D eigenvalue weighted by Gasteiger charge is 2.09. The average molecular weight is 275 g/mol. The average Bonchev–Trinajstić information content (AvgIpc) is 2.93. The van der Waals surface area contributed by atoms with Gasteiger partial charge in [0.25, 0.3) is 0 Å². The predicted molar refractivity (Wildman–Crippen MR) is 74.3 cm³/mol. The lowest BCUT2D eigenvalue weighted by molar-refractivity contribution is -0.129. The van der Waals surface area contributed by atoms with Gasteiger partial charge in [-0.05, 0) is 24.1 Å². The minimum absolute atomic E-state index is 0.0277. The number of rotatable bonds is 6. The first-order valence-corrected chi connectivity index (χ1v) is 6.61. The topological polar surface area (TPSA) is 38.1 Å². The first kappa shape index (κ1) is 14.2. The van der Waals surface area contributed by atoms with E-state index >= 15 is 0 Å². The molecule has 0 fully saturated rings. The lowest BCUT2D eigenvalue weighted by atomic mass is 10.2. The molecule has 5 heteroatoms. The molecule has 2 rings (SSSR count). The minimum atomic E-state index is -0.261. The molecule has 0 saturated heterocycles. The summed E-state index contributed by atoms with van der Waals surface area (Å²) in [5, 5.41) is 0. The van der Waals surface area contributed by atoms with Gasteiger partial charge in [-0.1, -0.05) is 12.1 Å². The van der Waals surface area contributed by atoms with Gasteiger partial charge in [-0.25, -0.2) is 9.37 Å². The summed E-state index contributed by atoms with van der Waals surface area (Å²) in [6, 6.07) is 6.25. The number of amides is 1. The fraction of sp³-hybridized carbons (Fsp3) is 0.333. The van der Waals surface area contributed by atoms with Gasteiger partial charge in [0, 0.05) is 39.0 Å². The van der Waals surface area contributed by atoms with Crippen LogP contribution in [0.4, 0.5) is 4.39 Å². The monoisotopic (exact) mass is 275 g/mol. The van der Waals surface area contributed by atoms with Gasteiger partial charge >= 0.3 is 0 Å². The number of aryl methyl sites for hydroxylation is 1. The molecule has 0 atom stereocenters. The molecule has 0 aliphatic heterocycles. The maximum Gasteiger partial charge on any atom is 0.219 e. The van der Waals surface area contributed by atoms with Crippen LogP contribution in [0.15, 0.2) is 43.0 Å². The van der Waals surface area contributed by atoms with Crippen LogP contribution in [-0.4, -0.2) is 26.9 Å². The first-order valence-electron chi connectivity index (χ1n) is 6.61. The van der Waals surface area contributed by atoms with Gasteiger partial charge < -0.3 is 9.47 Å². The SMILES string of the molecule is CC(=O)N(CCCn1ccnc1)Cc1ccc(F)cc1. The number of hydrogen-bond acceptors (Lipinski definition) is 2. The van der Waals surface area contributed by atoms with E-state index in [0.717, 1.165) is 18.5 Å². The Kier molecular flexibility index (Phi) is 4.87. The van der Waals surface area contributed by atoms with E-state index < -0.39 is 0 Å². The summed E-state index contributed by atoms with van der Waals surface area (Å²) in [6.45, 7) is 3.57. The molecule has 1 aromatic carbocycles. The van der Waals surface area contributed by atoms with Crippen LogP contribution in [0.1, 0.15) is 18.9 Å². The molecule has 0 saturated carbocycles. The third-order valence-electron chi connectivity index (χ3n) is 3.14. The number of carbonyl (C=O) groups is 1. The van der Waals surface area contributed by atoms with E-state index in [-0.39, 0.29) is 11.7 Å². The van der Waals surface area contributed by atoms with Crippen LogP contribution < -0.4 is 0 Å². The summed E-state index contributed by atoms with van der Waals surface area (Å²) in [6.07, 6.45) is 6.26. The van der Waals surface area contributed by atoms with Crippen LogP contribution in [0.5, 0.6) is 0 Å². The Hall–Kier alpha value is -2.17. The highest BCUT2D eigenvalue weighted by Crippen LogP contribution is 2.08. The molecule has 2 aromatic rings. The van der Waals surface area contributed by atoms with Crippen LogP contribution in [0, 0.1) is 5.82 Å². The molecule has 0 bridgehead atoms. The zero-order chi connectivity index (χ0) is 14.4. The van der Waals surface area contributed by atoms with Crippen LogP contribution >= 0.6 is 0 Å². The van der Waals surface area contributed by atoms with Crippen LogP contribution in [-0.2, 0) is 17.9 Å². The van der Waals surface area contributed by atoms with E-state index in [4.69, 9.17) is 0 Å². The number of halogens is 1. The van der Waals surface area contributed by atoms with Crippen molar-refractivity contribution < 1.29 is 9.18 Å². The van der Waals surface area contributed by atoms with Crippen molar-refractivity contribution >= 4 is 5.91 Å². The quantitative estimate of drug-likeness (QED) is 0.812. The molecule has 0 radical (unpaired) electrons. The van der Waals surface area contributed by atoms with Gasteiger partial charge in [-0.15, -0.1) is 0 Å². The standard InChI is InChI=1S/C15H18FN3O/c1-13(20)19(9-2-8-18-10-7-17-12-18)11-14-3-5-15(16)6-4-14/h3-7,10,12H,2,8-9,11H2,1H3. The summed E-state index contributed by atoms with van der Waals surface area (Å²) in [7, 11) is 0. The molecule has 0 aliphatic carbocycles. The number of imidazole rings is 1. The predicted octanol–water partition coefficient (Wildman–Crippen LogP) is 2.46.